The summed E-state index contributed by atoms with van der Waals surface area (Å²) in [6.07, 6.45) is 6.57. The molecule has 2 N–H and O–H groups in total. The van der Waals surface area contributed by atoms with Crippen LogP contribution in [0.2, 0.25) is 0 Å². The maximum atomic E-state index is 13.2. The zero-order valence-corrected chi connectivity index (χ0v) is 21.5. The molecule has 10 nitrogen and oxygen atoms in total. The van der Waals surface area contributed by atoms with Crippen LogP contribution in [0.4, 0.5) is 23.1 Å². The molecule has 0 bridgehead atoms. The lowest BCUT2D eigenvalue weighted by Crippen LogP contribution is -2.45. The van der Waals surface area contributed by atoms with E-state index in [-0.39, 0.29) is 18.4 Å². The van der Waals surface area contributed by atoms with Gasteiger partial charge in [-0.15, -0.1) is 6.61 Å². The number of aromatic nitrogens is 2. The molecule has 1 saturated carbocycles. The molecule has 10 heteroatoms. The minimum atomic E-state index is -0.557. The van der Waals surface area contributed by atoms with E-state index in [1.165, 1.54) is 20.0 Å². The van der Waals surface area contributed by atoms with Gasteiger partial charge in [-0.05, 0) is 44.9 Å². The molecule has 1 aliphatic heterocycles. The third-order valence-electron chi connectivity index (χ3n) is 6.91. The van der Waals surface area contributed by atoms with Gasteiger partial charge in [-0.3, -0.25) is 9.59 Å². The third-order valence-corrected chi connectivity index (χ3v) is 6.91. The molecule has 0 radical (unpaired) electrons. The predicted octanol–water partition coefficient (Wildman–Crippen LogP) is 2.46. The van der Waals surface area contributed by atoms with E-state index in [0.29, 0.717) is 54.2 Å². The van der Waals surface area contributed by atoms with Crippen LogP contribution in [0.15, 0.2) is 24.4 Å². The van der Waals surface area contributed by atoms with E-state index in [2.05, 4.69) is 20.5 Å². The van der Waals surface area contributed by atoms with Gasteiger partial charge in [-0.1, -0.05) is 19.3 Å². The zero-order chi connectivity index (χ0) is 25.9. The second kappa shape index (κ2) is 10.7. The molecule has 0 unspecified atom stereocenters. The van der Waals surface area contributed by atoms with Gasteiger partial charge in [0, 0.05) is 31.7 Å². The number of anilines is 4. The number of ether oxygens (including phenoxy) is 1. The van der Waals surface area contributed by atoms with Crippen LogP contribution in [-0.4, -0.2) is 61.7 Å². The Balaban J connectivity index is 1.64. The van der Waals surface area contributed by atoms with Crippen molar-refractivity contribution in [3.63, 3.8) is 0 Å². The molecule has 194 valence electrons. The highest BCUT2D eigenvalue weighted by Crippen LogP contribution is 2.40. The van der Waals surface area contributed by atoms with Crippen molar-refractivity contribution in [2.75, 3.05) is 49.0 Å². The summed E-state index contributed by atoms with van der Waals surface area (Å²) < 4.78 is 5.52. The van der Waals surface area contributed by atoms with E-state index in [1.807, 2.05) is 13.8 Å². The molecule has 4 rings (SSSR count). The fourth-order valence-corrected chi connectivity index (χ4v) is 4.96. The summed E-state index contributed by atoms with van der Waals surface area (Å²) in [7, 11) is 3.31. The number of nitrogens with zero attached hydrogens (tertiary/aromatic N) is 4. The molecule has 1 aromatic heterocycles. The first-order chi connectivity index (χ1) is 17.2. The van der Waals surface area contributed by atoms with Gasteiger partial charge >= 0.3 is 0 Å². The van der Waals surface area contributed by atoms with E-state index in [9.17, 15) is 14.7 Å². The number of rotatable bonds is 8. The molecule has 0 saturated heterocycles. The second-order valence-corrected chi connectivity index (χ2v) is 10.1. The number of hydrogen-bond acceptors (Lipinski definition) is 8. The van der Waals surface area contributed by atoms with Crippen LogP contribution in [-0.2, 0) is 4.79 Å². The van der Waals surface area contributed by atoms with Crippen molar-refractivity contribution < 1.29 is 19.4 Å². The predicted molar refractivity (Wildman–Crippen MR) is 137 cm³/mol. The maximum absolute atomic E-state index is 13.2. The Morgan fingerprint density at radius 2 is 2.03 bits per heavy atom. The Hall–Kier alpha value is -3.40. The number of nitrogens with one attached hydrogen (secondary N) is 2. The van der Waals surface area contributed by atoms with Gasteiger partial charge in [-0.2, -0.15) is 4.98 Å². The normalized spacial score (nSPS) is 17.5. The zero-order valence-electron chi connectivity index (χ0n) is 21.5. The lowest BCUT2D eigenvalue weighted by molar-refractivity contribution is -0.367. The van der Waals surface area contributed by atoms with Crippen molar-refractivity contribution in [3.8, 4) is 5.75 Å². The average molecular weight is 496 g/mol. The minimum Gasteiger partial charge on any atom is -0.854 e. The number of benzene rings is 1. The molecule has 2 amide bonds. The first kappa shape index (κ1) is 25.7. The summed E-state index contributed by atoms with van der Waals surface area (Å²) in [6, 6.07) is 5.39. The lowest BCUT2D eigenvalue weighted by atomic mass is 9.91. The highest BCUT2D eigenvalue weighted by atomic mass is 16.5. The molecular formula is C26H35N6O4-. The molecular weight excluding hydrogens is 460 g/mol. The van der Waals surface area contributed by atoms with E-state index in [4.69, 9.17) is 9.72 Å². The third kappa shape index (κ3) is 5.23. The van der Waals surface area contributed by atoms with Crippen molar-refractivity contribution in [1.82, 2.24) is 15.3 Å². The lowest BCUT2D eigenvalue weighted by Gasteiger charge is -2.34. The van der Waals surface area contributed by atoms with Crippen molar-refractivity contribution in [3.05, 3.63) is 30.0 Å². The quantitative estimate of drug-likeness (QED) is 0.536. The Labute approximate surface area is 212 Å². The highest BCUT2D eigenvalue weighted by Gasteiger charge is 2.41. The average Bonchev–Trinajstić information content (AvgIpc) is 3.39. The molecule has 1 fully saturated rings. The van der Waals surface area contributed by atoms with Crippen molar-refractivity contribution in [2.24, 2.45) is 5.41 Å². The SMILES string of the molecule is COc1cc(C(=O)NCCC[O-])ccc1Nc1ncc2c(n1)N(C1CCCC1)CC(C)(C)C(=O)N2C. The maximum Gasteiger partial charge on any atom is 0.251 e. The highest BCUT2D eigenvalue weighted by molar-refractivity contribution is 6.01. The number of hydrogen-bond donors (Lipinski definition) is 2. The Bertz CT molecular complexity index is 1120. The fourth-order valence-electron chi connectivity index (χ4n) is 4.96. The van der Waals surface area contributed by atoms with Crippen molar-refractivity contribution >= 4 is 35.0 Å². The first-order valence-electron chi connectivity index (χ1n) is 12.5. The molecule has 0 spiro atoms. The standard InChI is InChI=1S/C26H35N6O4/c1-26(2)16-32(18-8-5-6-9-18)22-20(31(3)24(26)35)15-28-25(30-22)29-19-11-10-17(14-21(19)36-4)23(34)27-12-7-13-33/h10-11,14-15,18H,5-9,12-13,16H2,1-4H3,(H,27,34)(H,28,29,30)/q-1. The molecule has 36 heavy (non-hydrogen) atoms. The first-order valence-corrected chi connectivity index (χ1v) is 12.5. The van der Waals surface area contributed by atoms with Gasteiger partial charge in [-0.25, -0.2) is 4.98 Å². The molecule has 2 heterocycles. The number of carbonyl (C=O) groups is 2. The smallest absolute Gasteiger partial charge is 0.251 e. The van der Waals surface area contributed by atoms with Gasteiger partial charge in [0.15, 0.2) is 5.82 Å². The Morgan fingerprint density at radius 1 is 1.28 bits per heavy atom. The van der Waals surface area contributed by atoms with Gasteiger partial charge in [0.05, 0.1) is 24.4 Å². The molecule has 2 aliphatic rings. The van der Waals surface area contributed by atoms with E-state index < -0.39 is 5.41 Å². The minimum absolute atomic E-state index is 0.0411. The summed E-state index contributed by atoms with van der Waals surface area (Å²) in [4.78, 5) is 38.9. The number of methoxy groups -OCH3 is 1. The summed E-state index contributed by atoms with van der Waals surface area (Å²) >= 11 is 0. The summed E-state index contributed by atoms with van der Waals surface area (Å²) in [5.74, 6) is 1.36. The largest absolute Gasteiger partial charge is 0.854 e. The van der Waals surface area contributed by atoms with Gasteiger partial charge in [0.25, 0.3) is 5.91 Å². The molecule has 1 aliphatic carbocycles. The van der Waals surface area contributed by atoms with Crippen LogP contribution in [0.5, 0.6) is 5.75 Å². The van der Waals surface area contributed by atoms with E-state index in [0.717, 1.165) is 18.7 Å². The van der Waals surface area contributed by atoms with E-state index in [1.54, 1.807) is 36.3 Å². The van der Waals surface area contributed by atoms with Crippen LogP contribution in [0.25, 0.3) is 0 Å². The Morgan fingerprint density at radius 3 is 2.72 bits per heavy atom. The molecule has 0 atom stereocenters. The number of carbonyl (C=O) groups excluding carboxylic acids is 2. The topological polar surface area (TPSA) is 123 Å². The van der Waals surface area contributed by atoms with Crippen LogP contribution >= 0.6 is 0 Å². The van der Waals surface area contributed by atoms with Crippen LogP contribution in [0.1, 0.15) is 56.3 Å². The Kier molecular flexibility index (Phi) is 7.63. The summed E-state index contributed by atoms with van der Waals surface area (Å²) in [6.45, 7) is 4.65. The van der Waals surface area contributed by atoms with Crippen LogP contribution in [0.3, 0.4) is 0 Å². The van der Waals surface area contributed by atoms with Gasteiger partial charge in [0.2, 0.25) is 11.9 Å². The number of fused-ring (bicyclic) bond motifs is 1. The fraction of sp³-hybridized carbons (Fsp3) is 0.538. The monoisotopic (exact) mass is 495 g/mol. The van der Waals surface area contributed by atoms with Gasteiger partial charge < -0.3 is 30.3 Å². The summed E-state index contributed by atoms with van der Waals surface area (Å²) in [5, 5.41) is 16.6. The van der Waals surface area contributed by atoms with Crippen LogP contribution < -0.4 is 30.3 Å². The summed E-state index contributed by atoms with van der Waals surface area (Å²) in [5.41, 5.74) is 1.18. The van der Waals surface area contributed by atoms with Gasteiger partial charge in [0.1, 0.15) is 11.4 Å². The van der Waals surface area contributed by atoms with Crippen molar-refractivity contribution in [1.29, 1.82) is 0 Å². The number of amides is 2. The molecule has 2 aromatic rings. The van der Waals surface area contributed by atoms with Crippen molar-refractivity contribution in [2.45, 2.75) is 52.0 Å². The second-order valence-electron chi connectivity index (χ2n) is 10.1. The van der Waals surface area contributed by atoms with E-state index >= 15 is 0 Å². The molecule has 1 aromatic carbocycles. The van der Waals surface area contributed by atoms with Crippen LogP contribution in [0, 0.1) is 5.41 Å².